The topological polar surface area (TPSA) is 52.6 Å². The van der Waals surface area contributed by atoms with Gasteiger partial charge in [0.15, 0.2) is 14.3 Å². The molecule has 0 radical (unpaired) electrons. The molecule has 4 nitrogen and oxygen atoms in total. The Morgan fingerprint density at radius 1 is 0.714 bits per heavy atom. The summed E-state index contributed by atoms with van der Waals surface area (Å²) in [5.74, 6) is -0.312. The van der Waals surface area contributed by atoms with Gasteiger partial charge in [0.05, 0.1) is 5.56 Å². The molecule has 5 aromatic rings. The van der Waals surface area contributed by atoms with Crippen molar-refractivity contribution in [2.45, 2.75) is 26.4 Å². The van der Waals surface area contributed by atoms with Crippen LogP contribution in [0.4, 0.5) is 0 Å². The fraction of sp³-hybridized carbons (Fsp3) is 0.133. The van der Waals surface area contributed by atoms with Crippen LogP contribution >= 0.6 is 10.5 Å². The smallest absolute Gasteiger partial charge is 0.338 e. The van der Waals surface area contributed by atoms with Crippen LogP contribution in [0.25, 0.3) is 25.1 Å². The molecule has 0 fully saturated rings. The second kappa shape index (κ2) is 9.01. The maximum Gasteiger partial charge on any atom is 0.338 e. The molecule has 0 aliphatic rings. The van der Waals surface area contributed by atoms with Crippen LogP contribution in [0.3, 0.4) is 0 Å². The van der Waals surface area contributed by atoms with Crippen LogP contribution < -0.4 is 4.74 Å². The molecule has 0 aliphatic heterocycles. The summed E-state index contributed by atoms with van der Waals surface area (Å²) in [7, 11) is -0.205. The third-order valence-electron chi connectivity index (χ3n) is 5.99. The lowest BCUT2D eigenvalue weighted by atomic mass is 9.98. The second-order valence-electron chi connectivity index (χ2n) is 8.84. The molecule has 0 N–H and O–H groups in total. The number of thiophene rings is 1. The zero-order valence-electron chi connectivity index (χ0n) is 19.8. The van der Waals surface area contributed by atoms with Crippen LogP contribution in [0.15, 0.2) is 97.1 Å². The number of benzene rings is 4. The fourth-order valence-electron chi connectivity index (χ4n) is 4.27. The Labute approximate surface area is 206 Å². The van der Waals surface area contributed by atoms with E-state index in [1.807, 2.05) is 38.1 Å². The molecule has 0 bridgehead atoms. The predicted octanol–water partition coefficient (Wildman–Crippen LogP) is 7.75. The molecule has 0 spiro atoms. The van der Waals surface area contributed by atoms with Crippen molar-refractivity contribution in [3.05, 3.63) is 108 Å². The summed E-state index contributed by atoms with van der Waals surface area (Å²) in [5.41, 5.74) is 0.456. The van der Waals surface area contributed by atoms with Crippen molar-refractivity contribution in [1.29, 1.82) is 0 Å². The predicted molar refractivity (Wildman–Crippen MR) is 141 cm³/mol. The van der Waals surface area contributed by atoms with Crippen LogP contribution in [0.2, 0.25) is 0 Å². The Hall–Kier alpha value is -3.96. The third kappa shape index (κ3) is 4.43. The summed E-state index contributed by atoms with van der Waals surface area (Å²) >= 11 is 0. The van der Waals surface area contributed by atoms with Gasteiger partial charge in [0.25, 0.3) is 0 Å². The largest absolute Gasteiger partial charge is 0.451 e. The average molecular weight is 482 g/mol. The molecule has 0 saturated carbocycles. The zero-order valence-corrected chi connectivity index (χ0v) is 20.6. The summed E-state index contributed by atoms with van der Waals surface area (Å²) in [6.07, 6.45) is 0. The van der Waals surface area contributed by atoms with Gasteiger partial charge in [0.1, 0.15) is 11.4 Å². The van der Waals surface area contributed by atoms with Crippen LogP contribution in [0.5, 0.6) is 5.75 Å². The average Bonchev–Trinajstić information content (AvgIpc) is 3.18. The number of hydrogen-bond acceptors (Lipinski definition) is 4. The molecule has 0 unspecified atom stereocenters. The van der Waals surface area contributed by atoms with Gasteiger partial charge in [-0.1, -0.05) is 36.4 Å². The summed E-state index contributed by atoms with van der Waals surface area (Å²) in [6, 6.07) is 31.8. The number of fused-ring (bicyclic) bond motifs is 3. The highest BCUT2D eigenvalue weighted by atomic mass is 32.2. The first-order valence-corrected chi connectivity index (χ1v) is 12.6. The number of carbonyl (C=O) groups is 2. The Bertz CT molecular complexity index is 1490. The molecule has 0 aliphatic carbocycles. The van der Waals surface area contributed by atoms with Gasteiger partial charge in [-0.3, -0.25) is 4.79 Å². The van der Waals surface area contributed by atoms with E-state index in [9.17, 15) is 9.59 Å². The van der Waals surface area contributed by atoms with E-state index in [0.29, 0.717) is 11.3 Å². The first kappa shape index (κ1) is 22.8. The molecule has 1 heterocycles. The minimum atomic E-state index is -0.852. The Morgan fingerprint density at radius 2 is 1.26 bits per heavy atom. The van der Waals surface area contributed by atoms with E-state index in [1.54, 1.807) is 24.3 Å². The summed E-state index contributed by atoms with van der Waals surface area (Å²) < 4.78 is 13.6. The molecule has 4 aromatic carbocycles. The first-order chi connectivity index (χ1) is 16.8. The first-order valence-electron chi connectivity index (χ1n) is 11.4. The summed E-state index contributed by atoms with van der Waals surface area (Å²) in [4.78, 5) is 25.3. The van der Waals surface area contributed by atoms with E-state index in [-0.39, 0.29) is 22.4 Å². The molecule has 0 amide bonds. The number of ether oxygens (including phenoxy) is 2. The molecule has 0 atom stereocenters. The van der Waals surface area contributed by atoms with Gasteiger partial charge in [-0.2, -0.15) is 0 Å². The molecule has 0 saturated heterocycles. The Balaban J connectivity index is 1.40. The van der Waals surface area contributed by atoms with Crippen molar-refractivity contribution < 1.29 is 19.1 Å². The van der Waals surface area contributed by atoms with E-state index in [4.69, 9.17) is 9.47 Å². The van der Waals surface area contributed by atoms with E-state index < -0.39 is 5.60 Å². The number of esters is 2. The van der Waals surface area contributed by atoms with Gasteiger partial charge in [0, 0.05) is 28.2 Å². The molecule has 5 rings (SSSR count). The Kier molecular flexibility index (Phi) is 5.87. The summed E-state index contributed by atoms with van der Waals surface area (Å²) in [5, 5.41) is 2.55. The SMILES string of the molecule is CC(=O)Oc1ccc(C(C)(C)OC(=O)c2ccc(-[s+]3c4ccccc4c4ccccc43)cc2)cc1. The third-order valence-corrected chi connectivity index (χ3v) is 8.32. The van der Waals surface area contributed by atoms with E-state index in [0.717, 1.165) is 5.56 Å². The van der Waals surface area contributed by atoms with Gasteiger partial charge >= 0.3 is 11.9 Å². The van der Waals surface area contributed by atoms with Crippen molar-refractivity contribution in [3.63, 3.8) is 0 Å². The molecule has 1 aromatic heterocycles. The van der Waals surface area contributed by atoms with Crippen molar-refractivity contribution in [2.24, 2.45) is 0 Å². The highest BCUT2D eigenvalue weighted by Gasteiger charge is 2.27. The number of hydrogen-bond donors (Lipinski definition) is 0. The van der Waals surface area contributed by atoms with Gasteiger partial charge < -0.3 is 9.47 Å². The van der Waals surface area contributed by atoms with Gasteiger partial charge in [-0.25, -0.2) is 4.79 Å². The van der Waals surface area contributed by atoms with Crippen molar-refractivity contribution in [2.75, 3.05) is 0 Å². The van der Waals surface area contributed by atoms with E-state index >= 15 is 0 Å². The lowest BCUT2D eigenvalue weighted by Gasteiger charge is -2.26. The highest BCUT2D eigenvalue weighted by Crippen LogP contribution is 2.48. The monoisotopic (exact) mass is 481 g/mol. The van der Waals surface area contributed by atoms with Crippen molar-refractivity contribution in [3.8, 4) is 10.6 Å². The van der Waals surface area contributed by atoms with Crippen LogP contribution in [0.1, 0.15) is 36.7 Å². The fourth-order valence-corrected chi connectivity index (χ4v) is 6.65. The maximum atomic E-state index is 13.0. The minimum absolute atomic E-state index is 0.205. The number of carbonyl (C=O) groups excluding carboxylic acids is 2. The van der Waals surface area contributed by atoms with Gasteiger partial charge in [-0.05, 0) is 80.1 Å². The molecular formula is C30H25O4S+. The van der Waals surface area contributed by atoms with Crippen molar-refractivity contribution >= 4 is 42.6 Å². The van der Waals surface area contributed by atoms with Gasteiger partial charge in [-0.15, -0.1) is 0 Å². The van der Waals surface area contributed by atoms with Gasteiger partial charge in [0.2, 0.25) is 0 Å². The van der Waals surface area contributed by atoms with E-state index in [1.165, 1.54) is 32.0 Å². The maximum absolute atomic E-state index is 13.0. The van der Waals surface area contributed by atoms with Crippen molar-refractivity contribution in [1.82, 2.24) is 0 Å². The Morgan fingerprint density at radius 3 is 1.80 bits per heavy atom. The van der Waals surface area contributed by atoms with Crippen LogP contribution in [-0.4, -0.2) is 11.9 Å². The second-order valence-corrected chi connectivity index (χ2v) is 10.8. The normalized spacial score (nSPS) is 11.5. The molecular weight excluding hydrogens is 456 g/mol. The number of rotatable bonds is 5. The van der Waals surface area contributed by atoms with E-state index in [2.05, 4.69) is 48.5 Å². The standard InChI is InChI=1S/C30H25O4S/c1-20(31)33-23-16-14-22(15-17-23)30(2,3)34-29(32)21-12-18-24(19-13-21)35-27-10-6-4-8-25(27)26-9-5-7-11-28(26)35/h4-19H,1-3H3/q+1. The molecule has 35 heavy (non-hydrogen) atoms. The highest BCUT2D eigenvalue weighted by molar-refractivity contribution is 7.50. The quantitative estimate of drug-likeness (QED) is 0.146. The minimum Gasteiger partial charge on any atom is -0.451 e. The molecule has 5 heteroatoms. The van der Waals surface area contributed by atoms with Crippen LogP contribution in [0, 0.1) is 0 Å². The lowest BCUT2D eigenvalue weighted by molar-refractivity contribution is -0.131. The molecule has 174 valence electrons. The zero-order chi connectivity index (χ0) is 24.6. The van der Waals surface area contributed by atoms with Crippen LogP contribution in [-0.2, 0) is 15.1 Å². The lowest BCUT2D eigenvalue weighted by Crippen LogP contribution is -2.25. The summed E-state index contributed by atoms with van der Waals surface area (Å²) in [6.45, 7) is 5.04.